The van der Waals surface area contributed by atoms with Crippen molar-refractivity contribution in [2.45, 2.75) is 51.7 Å². The Morgan fingerprint density at radius 3 is 2.94 bits per heavy atom. The lowest BCUT2D eigenvalue weighted by Crippen LogP contribution is -2.37. The Hall–Kier alpha value is -1.22. The van der Waals surface area contributed by atoms with Crippen LogP contribution in [0.15, 0.2) is 18.2 Å². The van der Waals surface area contributed by atoms with E-state index in [0.717, 1.165) is 42.9 Å². The van der Waals surface area contributed by atoms with Crippen LogP contribution in [0, 0.1) is 0 Å². The van der Waals surface area contributed by atoms with E-state index in [-0.39, 0.29) is 11.6 Å². The zero-order valence-electron chi connectivity index (χ0n) is 11.5. The van der Waals surface area contributed by atoms with Crippen LogP contribution in [0.4, 0.5) is 0 Å². The molecular formula is C15H23NO2. The second kappa shape index (κ2) is 5.19. The molecule has 100 valence electrons. The van der Waals surface area contributed by atoms with Crippen LogP contribution < -0.4 is 15.2 Å². The van der Waals surface area contributed by atoms with Crippen LogP contribution in [-0.2, 0) is 0 Å². The number of benzene rings is 1. The van der Waals surface area contributed by atoms with Crippen LogP contribution >= 0.6 is 0 Å². The molecule has 0 aliphatic carbocycles. The van der Waals surface area contributed by atoms with Gasteiger partial charge in [-0.15, -0.1) is 0 Å². The predicted octanol–water partition coefficient (Wildman–Crippen LogP) is 3.43. The lowest BCUT2D eigenvalue weighted by atomic mass is 9.90. The Balaban J connectivity index is 2.24. The van der Waals surface area contributed by atoms with Gasteiger partial charge in [0, 0.05) is 12.5 Å². The van der Waals surface area contributed by atoms with Gasteiger partial charge < -0.3 is 15.2 Å². The van der Waals surface area contributed by atoms with E-state index < -0.39 is 0 Å². The standard InChI is InChI=1S/C15H23NO2/c1-4-5-9-17-12-7-6-8-13-14(12)11(16)10-15(2,3)18-13/h6-8,11H,4-5,9-10,16H2,1-3H3. The molecule has 2 rings (SSSR count). The van der Waals surface area contributed by atoms with Crippen LogP contribution in [0.2, 0.25) is 0 Å². The lowest BCUT2D eigenvalue weighted by molar-refractivity contribution is 0.0713. The number of ether oxygens (including phenoxy) is 2. The first kappa shape index (κ1) is 13.2. The Labute approximate surface area is 109 Å². The van der Waals surface area contributed by atoms with E-state index in [1.807, 2.05) is 18.2 Å². The monoisotopic (exact) mass is 249 g/mol. The summed E-state index contributed by atoms with van der Waals surface area (Å²) in [6, 6.07) is 5.91. The van der Waals surface area contributed by atoms with Crippen molar-refractivity contribution in [2.75, 3.05) is 6.61 Å². The van der Waals surface area contributed by atoms with Gasteiger partial charge in [0.1, 0.15) is 17.1 Å². The molecule has 1 aliphatic rings. The molecule has 0 saturated heterocycles. The van der Waals surface area contributed by atoms with Crippen LogP contribution in [0.1, 0.15) is 51.6 Å². The Kier molecular flexibility index (Phi) is 3.81. The molecular weight excluding hydrogens is 226 g/mol. The molecule has 3 heteroatoms. The summed E-state index contributed by atoms with van der Waals surface area (Å²) in [6.07, 6.45) is 3.00. The molecule has 0 radical (unpaired) electrons. The van der Waals surface area contributed by atoms with Gasteiger partial charge in [-0.1, -0.05) is 19.4 Å². The van der Waals surface area contributed by atoms with E-state index in [9.17, 15) is 0 Å². The topological polar surface area (TPSA) is 44.5 Å². The summed E-state index contributed by atoms with van der Waals surface area (Å²) in [5.41, 5.74) is 7.09. The highest BCUT2D eigenvalue weighted by Crippen LogP contribution is 2.42. The van der Waals surface area contributed by atoms with Gasteiger partial charge in [-0.2, -0.15) is 0 Å². The largest absolute Gasteiger partial charge is 0.493 e. The van der Waals surface area contributed by atoms with Gasteiger partial charge in [0.15, 0.2) is 0 Å². The van der Waals surface area contributed by atoms with Crippen molar-refractivity contribution in [1.29, 1.82) is 0 Å². The summed E-state index contributed by atoms with van der Waals surface area (Å²) in [4.78, 5) is 0. The van der Waals surface area contributed by atoms with Gasteiger partial charge in [-0.3, -0.25) is 0 Å². The minimum atomic E-state index is -0.200. The Morgan fingerprint density at radius 1 is 1.44 bits per heavy atom. The smallest absolute Gasteiger partial charge is 0.128 e. The van der Waals surface area contributed by atoms with Gasteiger partial charge in [0.25, 0.3) is 0 Å². The zero-order chi connectivity index (χ0) is 13.2. The fourth-order valence-corrected chi connectivity index (χ4v) is 2.40. The number of nitrogens with two attached hydrogens (primary N) is 1. The molecule has 18 heavy (non-hydrogen) atoms. The maximum Gasteiger partial charge on any atom is 0.128 e. The molecule has 1 aromatic carbocycles. The minimum Gasteiger partial charge on any atom is -0.493 e. The summed E-state index contributed by atoms with van der Waals surface area (Å²) < 4.78 is 11.8. The van der Waals surface area contributed by atoms with E-state index in [2.05, 4.69) is 20.8 Å². The highest BCUT2D eigenvalue weighted by atomic mass is 16.5. The normalized spacial score (nSPS) is 21.0. The second-order valence-electron chi connectivity index (χ2n) is 5.54. The van der Waals surface area contributed by atoms with Crippen molar-refractivity contribution < 1.29 is 9.47 Å². The van der Waals surface area contributed by atoms with E-state index >= 15 is 0 Å². The molecule has 2 N–H and O–H groups in total. The molecule has 0 amide bonds. The van der Waals surface area contributed by atoms with Crippen LogP contribution in [0.5, 0.6) is 11.5 Å². The minimum absolute atomic E-state index is 0.0124. The predicted molar refractivity (Wildman–Crippen MR) is 73.1 cm³/mol. The van der Waals surface area contributed by atoms with Gasteiger partial charge >= 0.3 is 0 Å². The molecule has 1 unspecified atom stereocenters. The van der Waals surface area contributed by atoms with E-state index in [1.54, 1.807) is 0 Å². The maximum absolute atomic E-state index is 6.27. The van der Waals surface area contributed by atoms with Gasteiger partial charge in [-0.25, -0.2) is 0 Å². The SMILES string of the molecule is CCCCOc1cccc2c1C(N)CC(C)(C)O2. The van der Waals surface area contributed by atoms with Crippen LogP contribution in [-0.4, -0.2) is 12.2 Å². The average Bonchev–Trinajstić information content (AvgIpc) is 2.27. The molecule has 0 aromatic heterocycles. The summed E-state index contributed by atoms with van der Waals surface area (Å²) in [6.45, 7) is 7.03. The quantitative estimate of drug-likeness (QED) is 0.831. The van der Waals surface area contributed by atoms with Crippen molar-refractivity contribution in [3.63, 3.8) is 0 Å². The third-order valence-electron chi connectivity index (χ3n) is 3.25. The summed E-state index contributed by atoms with van der Waals surface area (Å²) in [7, 11) is 0. The lowest BCUT2D eigenvalue weighted by Gasteiger charge is -2.36. The average molecular weight is 249 g/mol. The fraction of sp³-hybridized carbons (Fsp3) is 0.600. The van der Waals surface area contributed by atoms with Crippen molar-refractivity contribution in [1.82, 2.24) is 0 Å². The van der Waals surface area contributed by atoms with Crippen LogP contribution in [0.3, 0.4) is 0 Å². The molecule has 1 aromatic rings. The number of unbranched alkanes of at least 4 members (excludes halogenated alkanes) is 1. The first-order chi connectivity index (χ1) is 8.53. The molecule has 1 atom stereocenters. The van der Waals surface area contributed by atoms with E-state index in [1.165, 1.54) is 0 Å². The number of fused-ring (bicyclic) bond motifs is 1. The molecule has 0 fully saturated rings. The van der Waals surface area contributed by atoms with E-state index in [0.29, 0.717) is 0 Å². The first-order valence-corrected chi connectivity index (χ1v) is 6.74. The molecule has 1 aliphatic heterocycles. The highest BCUT2D eigenvalue weighted by molar-refractivity contribution is 5.48. The number of hydrogen-bond donors (Lipinski definition) is 1. The third kappa shape index (κ3) is 2.78. The number of hydrogen-bond acceptors (Lipinski definition) is 3. The first-order valence-electron chi connectivity index (χ1n) is 6.74. The third-order valence-corrected chi connectivity index (χ3v) is 3.25. The molecule has 3 nitrogen and oxygen atoms in total. The zero-order valence-corrected chi connectivity index (χ0v) is 11.5. The van der Waals surface area contributed by atoms with E-state index in [4.69, 9.17) is 15.2 Å². The fourth-order valence-electron chi connectivity index (χ4n) is 2.40. The molecule has 0 saturated carbocycles. The van der Waals surface area contributed by atoms with Crippen molar-refractivity contribution >= 4 is 0 Å². The van der Waals surface area contributed by atoms with Crippen LogP contribution in [0.25, 0.3) is 0 Å². The second-order valence-corrected chi connectivity index (χ2v) is 5.54. The summed E-state index contributed by atoms with van der Waals surface area (Å²) in [5, 5.41) is 0. The molecule has 1 heterocycles. The van der Waals surface area contributed by atoms with Crippen molar-refractivity contribution in [3.05, 3.63) is 23.8 Å². The van der Waals surface area contributed by atoms with Gasteiger partial charge in [0.05, 0.1) is 12.2 Å². The van der Waals surface area contributed by atoms with Crippen molar-refractivity contribution in [2.24, 2.45) is 5.73 Å². The summed E-state index contributed by atoms with van der Waals surface area (Å²) >= 11 is 0. The maximum atomic E-state index is 6.27. The molecule has 0 bridgehead atoms. The van der Waals surface area contributed by atoms with Crippen molar-refractivity contribution in [3.8, 4) is 11.5 Å². The highest BCUT2D eigenvalue weighted by Gasteiger charge is 2.33. The Bertz CT molecular complexity index is 415. The molecule has 0 spiro atoms. The summed E-state index contributed by atoms with van der Waals surface area (Å²) in [5.74, 6) is 1.75. The Morgan fingerprint density at radius 2 is 2.22 bits per heavy atom. The van der Waals surface area contributed by atoms with Gasteiger partial charge in [0.2, 0.25) is 0 Å². The van der Waals surface area contributed by atoms with Gasteiger partial charge in [-0.05, 0) is 32.4 Å². The number of rotatable bonds is 4.